The van der Waals surface area contributed by atoms with Gasteiger partial charge in [0, 0.05) is 13.1 Å². The molecule has 7 heteroatoms. The van der Waals surface area contributed by atoms with Crippen molar-refractivity contribution in [2.75, 3.05) is 26.7 Å². The van der Waals surface area contributed by atoms with Gasteiger partial charge in [-0.15, -0.1) is 0 Å². The van der Waals surface area contributed by atoms with Gasteiger partial charge in [0.1, 0.15) is 6.17 Å². The molecule has 0 aliphatic carbocycles. The summed E-state index contributed by atoms with van der Waals surface area (Å²) >= 11 is 0. The van der Waals surface area contributed by atoms with E-state index in [0.29, 0.717) is 13.1 Å². The van der Waals surface area contributed by atoms with E-state index in [1.54, 1.807) is 0 Å². The number of hydrogen-bond acceptors (Lipinski definition) is 4. The molecule has 0 aromatic heterocycles. The maximum Gasteiger partial charge on any atom is 0.451 e. The summed E-state index contributed by atoms with van der Waals surface area (Å²) < 4.78 is 36.8. The van der Waals surface area contributed by atoms with Crippen LogP contribution in [-0.2, 0) is 0 Å². The first-order valence-corrected chi connectivity index (χ1v) is 4.34. The van der Waals surface area contributed by atoms with Crippen LogP contribution >= 0.6 is 0 Å². The average Bonchev–Trinajstić information content (AvgIpc) is 2.45. The van der Waals surface area contributed by atoms with Crippen molar-refractivity contribution in [3.8, 4) is 0 Å². The Morgan fingerprint density at radius 3 is 2.79 bits per heavy atom. The molecule has 4 nitrogen and oxygen atoms in total. The molecule has 1 unspecified atom stereocenters. The molecular weight excluding hydrogens is 197 g/mol. The second-order valence-electron chi connectivity index (χ2n) is 3.53. The van der Waals surface area contributed by atoms with Gasteiger partial charge in [-0.05, 0) is 7.05 Å². The Balaban J connectivity index is 2.07. The number of alkyl halides is 3. The molecule has 0 amide bonds. The maximum atomic E-state index is 12.3. The van der Waals surface area contributed by atoms with E-state index in [-0.39, 0.29) is 6.17 Å². The van der Waals surface area contributed by atoms with Gasteiger partial charge < -0.3 is 10.2 Å². The molecule has 0 bridgehead atoms. The molecule has 1 fully saturated rings. The minimum absolute atomic E-state index is 0.328. The number of piperazine rings is 1. The summed E-state index contributed by atoms with van der Waals surface area (Å²) in [6.45, 7) is 1.84. The number of amidine groups is 1. The van der Waals surface area contributed by atoms with Crippen molar-refractivity contribution >= 4 is 5.84 Å². The fourth-order valence-corrected chi connectivity index (χ4v) is 1.60. The van der Waals surface area contributed by atoms with E-state index >= 15 is 0 Å². The maximum absolute atomic E-state index is 12.3. The Labute approximate surface area is 79.3 Å². The predicted molar refractivity (Wildman–Crippen MR) is 44.6 cm³/mol. The summed E-state index contributed by atoms with van der Waals surface area (Å²) in [5.74, 6) is -0.877. The number of rotatable bonds is 0. The van der Waals surface area contributed by atoms with Crippen LogP contribution in [-0.4, -0.2) is 54.8 Å². The molecule has 1 saturated heterocycles. The number of likely N-dealkylation sites (N-methyl/N-ethyl adjacent to an activating group) is 1. The largest absolute Gasteiger partial charge is 0.451 e. The zero-order chi connectivity index (χ0) is 10.3. The van der Waals surface area contributed by atoms with Crippen molar-refractivity contribution in [3.05, 3.63) is 0 Å². The van der Waals surface area contributed by atoms with E-state index in [2.05, 4.69) is 10.4 Å². The van der Waals surface area contributed by atoms with Crippen LogP contribution in [0.1, 0.15) is 0 Å². The third kappa shape index (κ3) is 1.63. The summed E-state index contributed by atoms with van der Waals surface area (Å²) in [6.07, 6.45) is -4.69. The molecule has 2 aliphatic heterocycles. The van der Waals surface area contributed by atoms with E-state index in [1.165, 1.54) is 5.01 Å². The lowest BCUT2D eigenvalue weighted by Gasteiger charge is -2.33. The van der Waals surface area contributed by atoms with Crippen LogP contribution in [0.15, 0.2) is 5.10 Å². The molecular formula is C7H11F3N4. The molecule has 1 atom stereocenters. The number of hydrazone groups is 1. The molecule has 0 aromatic carbocycles. The van der Waals surface area contributed by atoms with E-state index in [9.17, 15) is 13.2 Å². The number of fused-ring (bicyclic) bond motifs is 1. The molecule has 14 heavy (non-hydrogen) atoms. The SMILES string of the molecule is CN1CCN2N=C(C(F)(F)F)NC2C1. The molecule has 0 saturated carbocycles. The third-order valence-electron chi connectivity index (χ3n) is 2.36. The Hall–Kier alpha value is -0.980. The van der Waals surface area contributed by atoms with E-state index in [0.717, 1.165) is 6.54 Å². The number of nitrogens with one attached hydrogen (secondary N) is 1. The standard InChI is InChI=1S/C7H11F3N4/c1-13-2-3-14-5(4-13)11-6(12-14)7(8,9)10/h5H,2-4H2,1H3,(H,11,12). The van der Waals surface area contributed by atoms with E-state index in [4.69, 9.17) is 0 Å². The highest BCUT2D eigenvalue weighted by atomic mass is 19.4. The van der Waals surface area contributed by atoms with Gasteiger partial charge in [0.15, 0.2) is 0 Å². The first kappa shape index (κ1) is 9.57. The molecule has 0 aromatic rings. The molecule has 1 N–H and O–H groups in total. The van der Waals surface area contributed by atoms with Crippen molar-refractivity contribution in [2.24, 2.45) is 5.10 Å². The summed E-state index contributed by atoms with van der Waals surface area (Å²) in [7, 11) is 1.88. The van der Waals surface area contributed by atoms with Crippen LogP contribution < -0.4 is 5.32 Å². The highest BCUT2D eigenvalue weighted by molar-refractivity contribution is 5.88. The highest BCUT2D eigenvalue weighted by Gasteiger charge is 2.43. The van der Waals surface area contributed by atoms with Gasteiger partial charge in [-0.3, -0.25) is 5.01 Å². The van der Waals surface area contributed by atoms with Crippen LogP contribution in [0, 0.1) is 0 Å². The van der Waals surface area contributed by atoms with Gasteiger partial charge in [0.25, 0.3) is 0 Å². The number of hydrogen-bond donors (Lipinski definition) is 1. The molecule has 0 radical (unpaired) electrons. The Morgan fingerprint density at radius 2 is 2.14 bits per heavy atom. The Kier molecular flexibility index (Phi) is 2.06. The van der Waals surface area contributed by atoms with Crippen LogP contribution in [0.25, 0.3) is 0 Å². The summed E-state index contributed by atoms with van der Waals surface area (Å²) in [5, 5.41) is 7.34. The van der Waals surface area contributed by atoms with Gasteiger partial charge in [0.05, 0.1) is 6.54 Å². The molecule has 80 valence electrons. The fraction of sp³-hybridized carbons (Fsp3) is 0.857. The second-order valence-corrected chi connectivity index (χ2v) is 3.53. The minimum Gasteiger partial charge on any atom is -0.342 e. The Morgan fingerprint density at radius 1 is 1.43 bits per heavy atom. The average molecular weight is 208 g/mol. The second kappa shape index (κ2) is 3.01. The van der Waals surface area contributed by atoms with Gasteiger partial charge >= 0.3 is 6.18 Å². The normalized spacial score (nSPS) is 28.4. The minimum atomic E-state index is -4.37. The molecule has 2 heterocycles. The fourth-order valence-electron chi connectivity index (χ4n) is 1.60. The first-order chi connectivity index (χ1) is 6.47. The van der Waals surface area contributed by atoms with Crippen LogP contribution in [0.5, 0.6) is 0 Å². The summed E-state index contributed by atoms with van der Waals surface area (Å²) in [4.78, 5) is 1.98. The van der Waals surface area contributed by atoms with Crippen molar-refractivity contribution in [1.29, 1.82) is 0 Å². The highest BCUT2D eigenvalue weighted by Crippen LogP contribution is 2.22. The lowest BCUT2D eigenvalue weighted by atomic mass is 10.3. The van der Waals surface area contributed by atoms with Crippen molar-refractivity contribution in [3.63, 3.8) is 0 Å². The predicted octanol–water partition coefficient (Wildman–Crippen LogP) is 0.0389. The number of nitrogens with zero attached hydrogens (tertiary/aromatic N) is 3. The molecule has 2 rings (SSSR count). The lowest BCUT2D eigenvalue weighted by molar-refractivity contribution is -0.0614. The van der Waals surface area contributed by atoms with Crippen LogP contribution in [0.3, 0.4) is 0 Å². The van der Waals surface area contributed by atoms with Crippen LogP contribution in [0.2, 0.25) is 0 Å². The zero-order valence-corrected chi connectivity index (χ0v) is 7.67. The van der Waals surface area contributed by atoms with E-state index < -0.39 is 12.0 Å². The van der Waals surface area contributed by atoms with Gasteiger partial charge in [-0.1, -0.05) is 0 Å². The zero-order valence-electron chi connectivity index (χ0n) is 7.67. The smallest absolute Gasteiger partial charge is 0.342 e. The van der Waals surface area contributed by atoms with E-state index in [1.807, 2.05) is 11.9 Å². The van der Waals surface area contributed by atoms with Gasteiger partial charge in [-0.2, -0.15) is 18.3 Å². The van der Waals surface area contributed by atoms with Gasteiger partial charge in [0.2, 0.25) is 5.84 Å². The quantitative estimate of drug-likeness (QED) is 0.609. The summed E-state index contributed by atoms with van der Waals surface area (Å²) in [6, 6.07) is 0. The third-order valence-corrected chi connectivity index (χ3v) is 2.36. The van der Waals surface area contributed by atoms with Crippen molar-refractivity contribution < 1.29 is 13.2 Å². The molecule has 2 aliphatic rings. The first-order valence-electron chi connectivity index (χ1n) is 4.34. The number of halogens is 3. The Bertz CT molecular complexity index is 262. The van der Waals surface area contributed by atoms with Crippen molar-refractivity contribution in [2.45, 2.75) is 12.3 Å². The monoisotopic (exact) mass is 208 g/mol. The summed E-state index contributed by atoms with van der Waals surface area (Å²) in [5.41, 5.74) is 0. The van der Waals surface area contributed by atoms with Gasteiger partial charge in [-0.25, -0.2) is 0 Å². The lowest BCUT2D eigenvalue weighted by Crippen LogP contribution is -2.53. The van der Waals surface area contributed by atoms with Crippen molar-refractivity contribution in [1.82, 2.24) is 15.2 Å². The molecule has 0 spiro atoms. The topological polar surface area (TPSA) is 30.9 Å². The van der Waals surface area contributed by atoms with Crippen LogP contribution in [0.4, 0.5) is 13.2 Å².